The van der Waals surface area contributed by atoms with Crippen molar-refractivity contribution in [1.29, 1.82) is 0 Å². The molecule has 0 radical (unpaired) electrons. The van der Waals surface area contributed by atoms with Crippen LogP contribution in [0.3, 0.4) is 0 Å². The number of sulfonamides is 1. The number of carbonyl (C=O) groups excluding carboxylic acids is 4. The zero-order valence-electron chi connectivity index (χ0n) is 31.6. The second-order valence-electron chi connectivity index (χ2n) is 15.5. The predicted molar refractivity (Wildman–Crippen MR) is 208 cm³/mol. The van der Waals surface area contributed by atoms with Gasteiger partial charge in [0.05, 0.1) is 18.5 Å². The largest absolute Gasteiger partial charge is 0.445 e. The summed E-state index contributed by atoms with van der Waals surface area (Å²) in [5.74, 6) is -0.941. The Labute approximate surface area is 327 Å². The summed E-state index contributed by atoms with van der Waals surface area (Å²) < 4.78 is 38.2. The van der Waals surface area contributed by atoms with Crippen molar-refractivity contribution in [3.05, 3.63) is 101 Å². The minimum absolute atomic E-state index is 0.00339. The second-order valence-corrected chi connectivity index (χ2v) is 17.8. The lowest BCUT2D eigenvalue weighted by Gasteiger charge is -2.42. The first kappa shape index (κ1) is 39.9. The number of likely N-dealkylation sites (tertiary alicyclic amines) is 1. The van der Waals surface area contributed by atoms with Gasteiger partial charge in [-0.25, -0.2) is 18.0 Å². The van der Waals surface area contributed by atoms with Crippen LogP contribution in [0.2, 0.25) is 5.02 Å². The molecule has 3 aromatic carbocycles. The Morgan fingerprint density at radius 1 is 0.855 bits per heavy atom. The SMILES string of the molecule is CC(C)(C)OC(=O)N1CCN(C(=O)OCc2ccccc2)CC1C(=O)N[C@H](Cc1ccc(Cl)cc1)C(=O)N1CCC2(CC1)CN(S(C)(=O)=O)c1ccccc12. The number of nitrogens with one attached hydrogen (secondary N) is 1. The molecule has 3 heterocycles. The molecule has 1 unspecified atom stereocenters. The van der Waals surface area contributed by atoms with Gasteiger partial charge in [0.2, 0.25) is 21.8 Å². The molecule has 3 aliphatic rings. The molecule has 55 heavy (non-hydrogen) atoms. The van der Waals surface area contributed by atoms with Gasteiger partial charge in [0, 0.05) is 49.6 Å². The van der Waals surface area contributed by atoms with Crippen LogP contribution in [0.15, 0.2) is 78.9 Å². The first-order valence-electron chi connectivity index (χ1n) is 18.4. The van der Waals surface area contributed by atoms with Crippen LogP contribution in [-0.2, 0) is 47.5 Å². The Kier molecular flexibility index (Phi) is 11.7. The topological polar surface area (TPSA) is 146 Å². The Morgan fingerprint density at radius 3 is 2.16 bits per heavy atom. The van der Waals surface area contributed by atoms with E-state index in [1.807, 2.05) is 54.6 Å². The molecule has 294 valence electrons. The van der Waals surface area contributed by atoms with Crippen LogP contribution in [-0.4, -0.2) is 110 Å². The van der Waals surface area contributed by atoms with E-state index in [4.69, 9.17) is 21.1 Å². The number of fused-ring (bicyclic) bond motifs is 2. The number of anilines is 1. The highest BCUT2D eigenvalue weighted by atomic mass is 35.5. The second kappa shape index (κ2) is 16.1. The fourth-order valence-electron chi connectivity index (χ4n) is 7.53. The van der Waals surface area contributed by atoms with E-state index in [0.29, 0.717) is 43.2 Å². The molecule has 0 aliphatic carbocycles. The maximum absolute atomic E-state index is 14.4. The summed E-state index contributed by atoms with van der Waals surface area (Å²) in [6.45, 7) is 6.13. The number of amides is 4. The molecule has 13 nitrogen and oxygen atoms in total. The van der Waals surface area contributed by atoms with Gasteiger partial charge in [-0.05, 0) is 68.5 Å². The van der Waals surface area contributed by atoms with Gasteiger partial charge >= 0.3 is 12.2 Å². The van der Waals surface area contributed by atoms with Crippen molar-refractivity contribution in [3.63, 3.8) is 0 Å². The molecule has 1 spiro atoms. The summed E-state index contributed by atoms with van der Waals surface area (Å²) in [6, 6.07) is 21.5. The standard InChI is InChI=1S/C40H48ClN5O8S/c1-39(2,3)54-38(50)45-23-22-44(37(49)53-26-29-10-6-5-7-11-29)25-34(45)35(47)42-32(24-28-14-16-30(41)17-15-28)36(48)43-20-18-40(19-21-43)27-46(55(4,51)52)33-13-9-8-12-31(33)40/h5-17,32,34H,18-27H2,1-4H3,(H,42,47)/t32-,34?/m1/s1. The molecule has 15 heteroatoms. The molecule has 6 rings (SSSR count). The third-order valence-corrected chi connectivity index (χ3v) is 11.7. The average molecular weight is 794 g/mol. The molecule has 3 aromatic rings. The Morgan fingerprint density at radius 2 is 1.51 bits per heavy atom. The van der Waals surface area contributed by atoms with Crippen LogP contribution in [0.25, 0.3) is 0 Å². The van der Waals surface area contributed by atoms with Gasteiger partial charge in [0.25, 0.3) is 0 Å². The lowest BCUT2D eigenvalue weighted by Crippen LogP contribution is -2.64. The Balaban J connectivity index is 1.21. The third-order valence-electron chi connectivity index (χ3n) is 10.4. The minimum atomic E-state index is -3.52. The summed E-state index contributed by atoms with van der Waals surface area (Å²) in [7, 11) is -3.52. The smallest absolute Gasteiger partial charge is 0.411 e. The molecule has 2 atom stereocenters. The number of ether oxygens (including phenoxy) is 2. The molecule has 0 aromatic heterocycles. The number of halogens is 1. The van der Waals surface area contributed by atoms with Gasteiger partial charge < -0.3 is 24.6 Å². The Hall–Kier alpha value is -4.82. The van der Waals surface area contributed by atoms with E-state index in [-0.39, 0.29) is 38.6 Å². The van der Waals surface area contributed by atoms with Crippen molar-refractivity contribution in [2.45, 2.75) is 69.7 Å². The number of para-hydroxylation sites is 1. The van der Waals surface area contributed by atoms with E-state index in [2.05, 4.69) is 5.32 Å². The van der Waals surface area contributed by atoms with E-state index < -0.39 is 51.2 Å². The van der Waals surface area contributed by atoms with Gasteiger partial charge in [-0.1, -0.05) is 72.3 Å². The highest BCUT2D eigenvalue weighted by Crippen LogP contribution is 2.47. The lowest BCUT2D eigenvalue weighted by atomic mass is 9.74. The van der Waals surface area contributed by atoms with Crippen molar-refractivity contribution in [2.75, 3.05) is 49.8 Å². The van der Waals surface area contributed by atoms with Crippen molar-refractivity contribution in [3.8, 4) is 0 Å². The van der Waals surface area contributed by atoms with Crippen LogP contribution in [0.1, 0.15) is 50.3 Å². The summed E-state index contributed by atoms with van der Waals surface area (Å²) in [4.78, 5) is 59.9. The van der Waals surface area contributed by atoms with Gasteiger partial charge in [0.15, 0.2) is 0 Å². The van der Waals surface area contributed by atoms with E-state index in [0.717, 1.165) is 16.7 Å². The number of hydrogen-bond donors (Lipinski definition) is 1. The molecule has 2 fully saturated rings. The van der Waals surface area contributed by atoms with Crippen LogP contribution in [0, 0.1) is 0 Å². The summed E-state index contributed by atoms with van der Waals surface area (Å²) in [5, 5.41) is 3.46. The lowest BCUT2D eigenvalue weighted by molar-refractivity contribution is -0.139. The molecular weight excluding hydrogens is 746 g/mol. The highest BCUT2D eigenvalue weighted by molar-refractivity contribution is 7.92. The normalized spacial score (nSPS) is 18.7. The molecule has 0 bridgehead atoms. The number of piperazine rings is 1. The van der Waals surface area contributed by atoms with Crippen molar-refractivity contribution in [1.82, 2.24) is 20.0 Å². The number of hydrogen-bond acceptors (Lipinski definition) is 8. The zero-order chi connectivity index (χ0) is 39.5. The van der Waals surface area contributed by atoms with Crippen molar-refractivity contribution in [2.24, 2.45) is 0 Å². The minimum Gasteiger partial charge on any atom is -0.445 e. The maximum Gasteiger partial charge on any atom is 0.411 e. The molecule has 2 saturated heterocycles. The van der Waals surface area contributed by atoms with Crippen LogP contribution in [0.4, 0.5) is 15.3 Å². The summed E-state index contributed by atoms with van der Waals surface area (Å²) in [6.07, 6.45) is 1.04. The number of nitrogens with zero attached hydrogens (tertiary/aromatic N) is 4. The van der Waals surface area contributed by atoms with E-state index >= 15 is 0 Å². The fraction of sp³-hybridized carbons (Fsp3) is 0.450. The third kappa shape index (κ3) is 9.35. The average Bonchev–Trinajstić information content (AvgIpc) is 3.48. The quantitative estimate of drug-likeness (QED) is 0.337. The van der Waals surface area contributed by atoms with Gasteiger partial charge in [-0.3, -0.25) is 18.8 Å². The van der Waals surface area contributed by atoms with E-state index in [1.165, 1.54) is 20.4 Å². The first-order chi connectivity index (χ1) is 26.0. The molecule has 1 N–H and O–H groups in total. The Bertz CT molecular complexity index is 2000. The number of benzene rings is 3. The van der Waals surface area contributed by atoms with Gasteiger partial charge in [0.1, 0.15) is 24.3 Å². The zero-order valence-corrected chi connectivity index (χ0v) is 33.1. The van der Waals surface area contributed by atoms with Crippen LogP contribution in [0.5, 0.6) is 0 Å². The van der Waals surface area contributed by atoms with Crippen LogP contribution >= 0.6 is 11.6 Å². The van der Waals surface area contributed by atoms with Crippen LogP contribution < -0.4 is 9.62 Å². The maximum atomic E-state index is 14.4. The van der Waals surface area contributed by atoms with Gasteiger partial charge in [-0.15, -0.1) is 0 Å². The monoisotopic (exact) mass is 793 g/mol. The number of rotatable bonds is 8. The van der Waals surface area contributed by atoms with Crippen molar-refractivity contribution < 1.29 is 37.1 Å². The fourth-order valence-corrected chi connectivity index (χ4v) is 8.65. The van der Waals surface area contributed by atoms with E-state index in [9.17, 15) is 27.6 Å². The summed E-state index contributed by atoms with van der Waals surface area (Å²) >= 11 is 6.16. The first-order valence-corrected chi connectivity index (χ1v) is 20.6. The molecule has 3 aliphatic heterocycles. The molecule has 0 saturated carbocycles. The predicted octanol–water partition coefficient (Wildman–Crippen LogP) is 4.97. The molecular formula is C40H48ClN5O8S. The van der Waals surface area contributed by atoms with E-state index in [1.54, 1.807) is 49.9 Å². The highest BCUT2D eigenvalue weighted by Gasteiger charge is 2.48. The number of piperidine rings is 1. The summed E-state index contributed by atoms with van der Waals surface area (Å²) in [5.41, 5.74) is 1.86. The van der Waals surface area contributed by atoms with Crippen molar-refractivity contribution >= 4 is 51.3 Å². The number of carbonyl (C=O) groups is 4. The van der Waals surface area contributed by atoms with Gasteiger partial charge in [-0.2, -0.15) is 0 Å². The molecule has 4 amide bonds.